The van der Waals surface area contributed by atoms with Crippen LogP contribution in [0.25, 0.3) is 0 Å². The summed E-state index contributed by atoms with van der Waals surface area (Å²) in [5.41, 5.74) is 1.40. The highest BCUT2D eigenvalue weighted by Crippen LogP contribution is 2.49. The van der Waals surface area contributed by atoms with Crippen molar-refractivity contribution in [2.45, 2.75) is 56.9 Å². The standard InChI is InChI=1S/C21H29N3O4/c1-3-28-19(25)10-14-6-9-24(13-14)15-4-7-21(8-5-15)16-11-18(27-2)22-12-17(16)23-20(21)26/h11-12,14-15H,3-10,13H2,1-2H3,(H,23,26)/t14-,15?,21?/m1/s1. The van der Waals surface area contributed by atoms with Gasteiger partial charge in [-0.25, -0.2) is 4.98 Å². The molecule has 1 aliphatic carbocycles. The monoisotopic (exact) mass is 387 g/mol. The number of hydrogen-bond donors (Lipinski definition) is 1. The summed E-state index contributed by atoms with van der Waals surface area (Å²) in [4.78, 5) is 31.3. The van der Waals surface area contributed by atoms with Gasteiger partial charge in [-0.1, -0.05) is 0 Å². The molecule has 0 radical (unpaired) electrons. The first kappa shape index (κ1) is 19.2. The molecule has 0 bridgehead atoms. The molecule has 1 spiro atoms. The molecular formula is C21H29N3O4. The third-order valence-electron chi connectivity index (χ3n) is 6.69. The summed E-state index contributed by atoms with van der Waals surface area (Å²) in [6.07, 6.45) is 6.92. The van der Waals surface area contributed by atoms with Crippen molar-refractivity contribution in [2.24, 2.45) is 5.92 Å². The van der Waals surface area contributed by atoms with E-state index in [1.807, 2.05) is 13.0 Å². The fourth-order valence-electron chi connectivity index (χ4n) is 5.18. The van der Waals surface area contributed by atoms with Crippen LogP contribution in [0, 0.1) is 5.92 Å². The second-order valence-corrected chi connectivity index (χ2v) is 8.20. The van der Waals surface area contributed by atoms with Crippen molar-refractivity contribution in [3.8, 4) is 5.88 Å². The lowest BCUT2D eigenvalue weighted by molar-refractivity contribution is -0.144. The van der Waals surface area contributed by atoms with Gasteiger partial charge in [0.25, 0.3) is 0 Å². The molecule has 4 rings (SSSR count). The zero-order valence-electron chi connectivity index (χ0n) is 16.7. The molecule has 1 saturated carbocycles. The second-order valence-electron chi connectivity index (χ2n) is 8.20. The largest absolute Gasteiger partial charge is 0.481 e. The number of carbonyl (C=O) groups is 2. The molecule has 1 atom stereocenters. The number of nitrogens with one attached hydrogen (secondary N) is 1. The van der Waals surface area contributed by atoms with E-state index in [9.17, 15) is 9.59 Å². The lowest BCUT2D eigenvalue weighted by Gasteiger charge is -2.39. The number of esters is 1. The third-order valence-corrected chi connectivity index (χ3v) is 6.69. The van der Waals surface area contributed by atoms with Crippen LogP contribution in [0.3, 0.4) is 0 Å². The van der Waals surface area contributed by atoms with Crippen LogP contribution in [0.1, 0.15) is 51.0 Å². The minimum atomic E-state index is -0.452. The first-order valence-corrected chi connectivity index (χ1v) is 10.3. The average molecular weight is 387 g/mol. The fraction of sp³-hybridized carbons (Fsp3) is 0.667. The van der Waals surface area contributed by atoms with Crippen LogP contribution >= 0.6 is 0 Å². The topological polar surface area (TPSA) is 80.8 Å². The van der Waals surface area contributed by atoms with Gasteiger partial charge in [0, 0.05) is 25.1 Å². The van der Waals surface area contributed by atoms with Crippen LogP contribution in [-0.2, 0) is 19.7 Å². The van der Waals surface area contributed by atoms with E-state index in [4.69, 9.17) is 9.47 Å². The van der Waals surface area contributed by atoms with Gasteiger partial charge in [0.1, 0.15) is 0 Å². The van der Waals surface area contributed by atoms with Crippen molar-refractivity contribution in [3.63, 3.8) is 0 Å². The molecule has 0 unspecified atom stereocenters. The van der Waals surface area contributed by atoms with Gasteiger partial charge in [0.05, 0.1) is 31.0 Å². The van der Waals surface area contributed by atoms with Crippen LogP contribution in [-0.4, -0.2) is 54.6 Å². The number of fused-ring (bicyclic) bond motifs is 2. The number of methoxy groups -OCH3 is 1. The van der Waals surface area contributed by atoms with Gasteiger partial charge in [-0.15, -0.1) is 0 Å². The Labute approximate surface area is 165 Å². The molecule has 1 amide bonds. The number of amides is 1. The molecule has 2 fully saturated rings. The van der Waals surface area contributed by atoms with Gasteiger partial charge < -0.3 is 19.7 Å². The predicted molar refractivity (Wildman–Crippen MR) is 104 cm³/mol. The molecule has 0 aromatic carbocycles. The molecular weight excluding hydrogens is 358 g/mol. The first-order chi connectivity index (χ1) is 13.6. The van der Waals surface area contributed by atoms with Crippen LogP contribution in [0.2, 0.25) is 0 Å². The highest BCUT2D eigenvalue weighted by molar-refractivity contribution is 6.06. The second kappa shape index (κ2) is 7.70. The maximum atomic E-state index is 12.8. The zero-order valence-corrected chi connectivity index (χ0v) is 16.7. The number of rotatable bonds is 5. The number of likely N-dealkylation sites (tertiary alicyclic amines) is 1. The lowest BCUT2D eigenvalue weighted by Crippen LogP contribution is -2.44. The van der Waals surface area contributed by atoms with Crippen molar-refractivity contribution >= 4 is 17.6 Å². The minimum absolute atomic E-state index is 0.0845. The van der Waals surface area contributed by atoms with E-state index in [1.54, 1.807) is 13.3 Å². The molecule has 1 saturated heterocycles. The number of pyridine rings is 1. The van der Waals surface area contributed by atoms with E-state index in [1.165, 1.54) is 0 Å². The SMILES string of the molecule is CCOC(=O)C[C@H]1CCN(C2CCC3(CC2)C(=O)Nc2cnc(OC)cc23)C1. The Morgan fingerprint density at radius 2 is 2.14 bits per heavy atom. The maximum absolute atomic E-state index is 12.8. The highest BCUT2D eigenvalue weighted by atomic mass is 16.5. The summed E-state index contributed by atoms with van der Waals surface area (Å²) < 4.78 is 10.4. The zero-order chi connectivity index (χ0) is 19.7. The summed E-state index contributed by atoms with van der Waals surface area (Å²) in [6, 6.07) is 2.40. The van der Waals surface area contributed by atoms with Gasteiger partial charge in [-0.05, 0) is 57.1 Å². The molecule has 3 aliphatic rings. The number of anilines is 1. The van der Waals surface area contributed by atoms with E-state index in [0.717, 1.165) is 56.4 Å². The Balaban J connectivity index is 1.39. The Morgan fingerprint density at radius 3 is 2.86 bits per heavy atom. The van der Waals surface area contributed by atoms with Gasteiger partial charge in [-0.3, -0.25) is 9.59 Å². The van der Waals surface area contributed by atoms with E-state index < -0.39 is 5.41 Å². The van der Waals surface area contributed by atoms with Crippen LogP contribution in [0.5, 0.6) is 5.88 Å². The van der Waals surface area contributed by atoms with Gasteiger partial charge in [0.2, 0.25) is 11.8 Å². The summed E-state index contributed by atoms with van der Waals surface area (Å²) in [5, 5.41) is 3.01. The minimum Gasteiger partial charge on any atom is -0.481 e. The molecule has 1 aromatic heterocycles. The van der Waals surface area contributed by atoms with Crippen LogP contribution in [0.4, 0.5) is 5.69 Å². The summed E-state index contributed by atoms with van der Waals surface area (Å²) in [7, 11) is 1.60. The van der Waals surface area contributed by atoms with Crippen molar-refractivity contribution in [2.75, 3.05) is 32.1 Å². The highest BCUT2D eigenvalue weighted by Gasteiger charge is 2.50. The van der Waals surface area contributed by atoms with Crippen molar-refractivity contribution in [1.82, 2.24) is 9.88 Å². The summed E-state index contributed by atoms with van der Waals surface area (Å²) in [6.45, 7) is 4.28. The first-order valence-electron chi connectivity index (χ1n) is 10.3. The molecule has 1 N–H and O–H groups in total. The number of carbonyl (C=O) groups excluding carboxylic acids is 2. The maximum Gasteiger partial charge on any atom is 0.306 e. The third kappa shape index (κ3) is 3.36. The lowest BCUT2D eigenvalue weighted by atomic mass is 9.69. The smallest absolute Gasteiger partial charge is 0.306 e. The molecule has 7 nitrogen and oxygen atoms in total. The molecule has 152 valence electrons. The normalized spacial score (nSPS) is 29.6. The van der Waals surface area contributed by atoms with Crippen molar-refractivity contribution in [3.05, 3.63) is 17.8 Å². The summed E-state index contributed by atoms with van der Waals surface area (Å²) in [5.74, 6) is 0.954. The quantitative estimate of drug-likeness (QED) is 0.782. The average Bonchev–Trinajstić information content (AvgIpc) is 3.26. The summed E-state index contributed by atoms with van der Waals surface area (Å²) >= 11 is 0. The molecule has 1 aromatic rings. The van der Waals surface area contributed by atoms with Gasteiger partial charge in [-0.2, -0.15) is 0 Å². The Kier molecular flexibility index (Phi) is 5.27. The van der Waals surface area contributed by atoms with Crippen LogP contribution in [0.15, 0.2) is 12.3 Å². The number of hydrogen-bond acceptors (Lipinski definition) is 6. The van der Waals surface area contributed by atoms with Crippen LogP contribution < -0.4 is 10.1 Å². The van der Waals surface area contributed by atoms with E-state index >= 15 is 0 Å². The van der Waals surface area contributed by atoms with E-state index in [-0.39, 0.29) is 11.9 Å². The van der Waals surface area contributed by atoms with Crippen molar-refractivity contribution in [1.29, 1.82) is 0 Å². The number of ether oxygens (including phenoxy) is 2. The van der Waals surface area contributed by atoms with Crippen molar-refractivity contribution < 1.29 is 19.1 Å². The Bertz CT molecular complexity index is 758. The molecule has 7 heteroatoms. The van der Waals surface area contributed by atoms with Gasteiger partial charge >= 0.3 is 5.97 Å². The molecule has 2 aliphatic heterocycles. The Hall–Kier alpha value is -2.15. The molecule has 28 heavy (non-hydrogen) atoms. The predicted octanol–water partition coefficient (Wildman–Crippen LogP) is 2.50. The van der Waals surface area contributed by atoms with E-state index in [0.29, 0.717) is 30.9 Å². The van der Waals surface area contributed by atoms with E-state index in [2.05, 4.69) is 15.2 Å². The molecule has 3 heterocycles. The fourth-order valence-corrected chi connectivity index (χ4v) is 5.18. The van der Waals surface area contributed by atoms with Gasteiger partial charge in [0.15, 0.2) is 0 Å². The Morgan fingerprint density at radius 1 is 1.36 bits per heavy atom. The number of aromatic nitrogens is 1. The number of nitrogens with zero attached hydrogens (tertiary/aromatic N) is 2.